The van der Waals surface area contributed by atoms with Crippen molar-refractivity contribution in [1.82, 2.24) is 10.2 Å². The third kappa shape index (κ3) is 2.80. The van der Waals surface area contributed by atoms with E-state index in [1.54, 1.807) is 0 Å². The number of carbonyl (C=O) groups excluding carboxylic acids is 1. The second-order valence-electron chi connectivity index (χ2n) is 2.78. The molecule has 0 aliphatic carbocycles. The van der Waals surface area contributed by atoms with Gasteiger partial charge in [0, 0.05) is 5.92 Å². The predicted molar refractivity (Wildman–Crippen MR) is 50.8 cm³/mol. The Morgan fingerprint density at radius 2 is 2.31 bits per heavy atom. The van der Waals surface area contributed by atoms with Crippen LogP contribution in [0.3, 0.4) is 0 Å². The number of amides is 1. The number of hydrogen-bond acceptors (Lipinski definition) is 4. The third-order valence-corrected chi connectivity index (χ3v) is 1.81. The maximum Gasteiger partial charge on any atom is 0.322 e. The Hall–Kier alpha value is -0.910. The lowest BCUT2D eigenvalue weighted by molar-refractivity contribution is -0.113. The van der Waals surface area contributed by atoms with Gasteiger partial charge in [-0.05, 0) is 0 Å². The van der Waals surface area contributed by atoms with Gasteiger partial charge in [-0.15, -0.1) is 5.10 Å². The zero-order valence-electron chi connectivity index (χ0n) is 7.37. The third-order valence-electron chi connectivity index (χ3n) is 1.30. The van der Waals surface area contributed by atoms with Gasteiger partial charge in [-0.3, -0.25) is 10.1 Å². The summed E-state index contributed by atoms with van der Waals surface area (Å²) in [6, 6.07) is 0.146. The lowest BCUT2D eigenvalue weighted by atomic mass is 10.2. The minimum Gasteiger partial charge on any atom is -0.408 e. The molecule has 5 nitrogen and oxygen atoms in total. The van der Waals surface area contributed by atoms with Crippen LogP contribution in [0.4, 0.5) is 6.01 Å². The Balaban J connectivity index is 2.64. The van der Waals surface area contributed by atoms with Gasteiger partial charge in [0.2, 0.25) is 11.8 Å². The van der Waals surface area contributed by atoms with Crippen LogP contribution in [0.2, 0.25) is 0 Å². The standard InChI is InChI=1S/C7H10BrN3O2/c1-4(2)6-10-11-7(13-6)9-5(12)3-8/h4H,3H2,1-2H3,(H,9,11,12). The molecule has 0 radical (unpaired) electrons. The molecule has 1 heterocycles. The van der Waals surface area contributed by atoms with E-state index in [-0.39, 0.29) is 23.2 Å². The van der Waals surface area contributed by atoms with Crippen molar-refractivity contribution in [3.8, 4) is 0 Å². The molecule has 0 unspecified atom stereocenters. The summed E-state index contributed by atoms with van der Waals surface area (Å²) in [7, 11) is 0. The molecule has 13 heavy (non-hydrogen) atoms. The van der Waals surface area contributed by atoms with Crippen molar-refractivity contribution in [3.05, 3.63) is 5.89 Å². The molecule has 1 rings (SSSR count). The van der Waals surface area contributed by atoms with Crippen LogP contribution >= 0.6 is 15.9 Å². The fraction of sp³-hybridized carbons (Fsp3) is 0.571. The summed E-state index contributed by atoms with van der Waals surface area (Å²) in [5.41, 5.74) is 0. The van der Waals surface area contributed by atoms with Crippen molar-refractivity contribution in [2.24, 2.45) is 0 Å². The fourth-order valence-electron chi connectivity index (χ4n) is 0.671. The molecular formula is C7H10BrN3O2. The summed E-state index contributed by atoms with van der Waals surface area (Å²) in [5.74, 6) is 0.478. The van der Waals surface area contributed by atoms with Gasteiger partial charge in [-0.25, -0.2) is 0 Å². The summed E-state index contributed by atoms with van der Waals surface area (Å²) in [6.07, 6.45) is 0. The second kappa shape index (κ2) is 4.36. The van der Waals surface area contributed by atoms with E-state index in [4.69, 9.17) is 4.42 Å². The zero-order valence-corrected chi connectivity index (χ0v) is 8.96. The van der Waals surface area contributed by atoms with E-state index in [0.717, 1.165) is 0 Å². The first kappa shape index (κ1) is 10.2. The van der Waals surface area contributed by atoms with Crippen molar-refractivity contribution in [3.63, 3.8) is 0 Å². The Kier molecular flexibility index (Phi) is 3.41. The smallest absolute Gasteiger partial charge is 0.322 e. The van der Waals surface area contributed by atoms with Crippen LogP contribution < -0.4 is 5.32 Å². The molecule has 0 spiro atoms. The summed E-state index contributed by atoms with van der Waals surface area (Å²) >= 11 is 3.01. The minimum absolute atomic E-state index is 0.146. The molecule has 0 atom stereocenters. The molecule has 0 aromatic carbocycles. The van der Waals surface area contributed by atoms with Gasteiger partial charge >= 0.3 is 6.01 Å². The average Bonchev–Trinajstić information content (AvgIpc) is 2.52. The quantitative estimate of drug-likeness (QED) is 0.823. The highest BCUT2D eigenvalue weighted by Gasteiger charge is 2.10. The number of anilines is 1. The number of rotatable bonds is 3. The first-order valence-electron chi connectivity index (χ1n) is 3.82. The van der Waals surface area contributed by atoms with Gasteiger partial charge < -0.3 is 4.42 Å². The summed E-state index contributed by atoms with van der Waals surface area (Å²) in [5, 5.41) is 10.1. The monoisotopic (exact) mass is 247 g/mol. The average molecular weight is 248 g/mol. The highest BCUT2D eigenvalue weighted by atomic mass is 79.9. The van der Waals surface area contributed by atoms with Gasteiger partial charge in [0.25, 0.3) is 0 Å². The van der Waals surface area contributed by atoms with E-state index in [1.165, 1.54) is 0 Å². The molecular weight excluding hydrogens is 238 g/mol. The number of alkyl halides is 1. The highest BCUT2D eigenvalue weighted by Crippen LogP contribution is 2.14. The number of aromatic nitrogens is 2. The van der Waals surface area contributed by atoms with Gasteiger partial charge in [0.05, 0.1) is 5.33 Å². The fourth-order valence-corrected chi connectivity index (χ4v) is 0.811. The maximum absolute atomic E-state index is 10.9. The Morgan fingerprint density at radius 1 is 1.62 bits per heavy atom. The van der Waals surface area contributed by atoms with E-state index < -0.39 is 0 Å². The first-order valence-corrected chi connectivity index (χ1v) is 4.95. The van der Waals surface area contributed by atoms with Crippen molar-refractivity contribution in [2.75, 3.05) is 10.6 Å². The second-order valence-corrected chi connectivity index (χ2v) is 3.34. The highest BCUT2D eigenvalue weighted by molar-refractivity contribution is 9.09. The van der Waals surface area contributed by atoms with Crippen molar-refractivity contribution in [2.45, 2.75) is 19.8 Å². The normalized spacial score (nSPS) is 10.5. The summed E-state index contributed by atoms with van der Waals surface area (Å²) < 4.78 is 5.14. The predicted octanol–water partition coefficient (Wildman–Crippen LogP) is 1.53. The van der Waals surface area contributed by atoms with E-state index in [9.17, 15) is 4.79 Å². The number of halogens is 1. The van der Waals surface area contributed by atoms with E-state index >= 15 is 0 Å². The molecule has 6 heteroatoms. The number of nitrogens with zero attached hydrogens (tertiary/aromatic N) is 2. The van der Waals surface area contributed by atoms with Crippen molar-refractivity contribution >= 4 is 27.9 Å². The Bertz CT molecular complexity index is 298. The van der Waals surface area contributed by atoms with E-state index in [0.29, 0.717) is 5.89 Å². The molecule has 0 bridgehead atoms. The molecule has 0 aliphatic rings. The summed E-state index contributed by atoms with van der Waals surface area (Å²) in [6.45, 7) is 3.87. The SMILES string of the molecule is CC(C)c1nnc(NC(=O)CBr)o1. The van der Waals surface area contributed by atoms with Gasteiger partial charge in [-0.1, -0.05) is 34.9 Å². The van der Waals surface area contributed by atoms with Crippen LogP contribution in [0.15, 0.2) is 4.42 Å². The van der Waals surface area contributed by atoms with Gasteiger partial charge in [0.1, 0.15) is 0 Å². The Morgan fingerprint density at radius 3 is 2.77 bits per heavy atom. The lowest BCUT2D eigenvalue weighted by Gasteiger charge is -1.95. The van der Waals surface area contributed by atoms with E-state index in [1.807, 2.05) is 13.8 Å². The minimum atomic E-state index is -0.209. The lowest BCUT2D eigenvalue weighted by Crippen LogP contribution is -2.12. The largest absolute Gasteiger partial charge is 0.408 e. The maximum atomic E-state index is 10.9. The zero-order chi connectivity index (χ0) is 9.84. The van der Waals surface area contributed by atoms with E-state index in [2.05, 4.69) is 31.4 Å². The van der Waals surface area contributed by atoms with Crippen LogP contribution in [0.1, 0.15) is 25.7 Å². The molecule has 72 valence electrons. The molecule has 0 fully saturated rings. The van der Waals surface area contributed by atoms with Crippen molar-refractivity contribution in [1.29, 1.82) is 0 Å². The molecule has 1 amide bonds. The van der Waals surface area contributed by atoms with Crippen LogP contribution in [0.5, 0.6) is 0 Å². The molecule has 0 saturated heterocycles. The van der Waals surface area contributed by atoms with Gasteiger partial charge in [-0.2, -0.15) is 0 Å². The number of carbonyl (C=O) groups is 1. The van der Waals surface area contributed by atoms with Crippen LogP contribution in [-0.4, -0.2) is 21.4 Å². The molecule has 0 saturated carbocycles. The number of nitrogens with one attached hydrogen (secondary N) is 1. The molecule has 1 aromatic rings. The van der Waals surface area contributed by atoms with Crippen LogP contribution in [-0.2, 0) is 4.79 Å². The molecule has 0 aliphatic heterocycles. The topological polar surface area (TPSA) is 68.0 Å². The molecule has 1 aromatic heterocycles. The Labute approximate surface area is 84.0 Å². The van der Waals surface area contributed by atoms with Gasteiger partial charge in [0.15, 0.2) is 0 Å². The van der Waals surface area contributed by atoms with Crippen LogP contribution in [0, 0.1) is 0 Å². The number of hydrogen-bond donors (Lipinski definition) is 1. The first-order chi connectivity index (χ1) is 6.13. The summed E-state index contributed by atoms with van der Waals surface area (Å²) in [4.78, 5) is 10.9. The van der Waals surface area contributed by atoms with Crippen molar-refractivity contribution < 1.29 is 9.21 Å². The van der Waals surface area contributed by atoms with Crippen LogP contribution in [0.25, 0.3) is 0 Å². The molecule has 1 N–H and O–H groups in total.